The van der Waals surface area contributed by atoms with Gasteiger partial charge in [0.05, 0.1) is 19.6 Å². The molecule has 1 heterocycles. The summed E-state index contributed by atoms with van der Waals surface area (Å²) >= 11 is 1.49. The molecule has 0 aliphatic rings. The molecule has 22 heavy (non-hydrogen) atoms. The van der Waals surface area contributed by atoms with Gasteiger partial charge in [-0.2, -0.15) is 0 Å². The van der Waals surface area contributed by atoms with Gasteiger partial charge in [-0.25, -0.2) is 0 Å². The highest BCUT2D eigenvalue weighted by atomic mass is 32.1. The third-order valence-corrected chi connectivity index (χ3v) is 4.31. The number of benzene rings is 1. The van der Waals surface area contributed by atoms with Gasteiger partial charge in [-0.05, 0) is 36.1 Å². The first-order chi connectivity index (χ1) is 10.6. The Hall–Kier alpha value is -1.85. The lowest BCUT2D eigenvalue weighted by Crippen LogP contribution is -2.32. The van der Waals surface area contributed by atoms with Crippen molar-refractivity contribution in [1.82, 2.24) is 4.90 Å². The van der Waals surface area contributed by atoms with E-state index in [1.54, 1.807) is 11.9 Å². The molecule has 1 amide bonds. The largest absolute Gasteiger partial charge is 0.494 e. The van der Waals surface area contributed by atoms with Crippen LogP contribution >= 0.6 is 11.3 Å². The second-order valence-electron chi connectivity index (χ2n) is 5.06. The lowest BCUT2D eigenvalue weighted by Gasteiger charge is -2.20. The predicted octanol–water partition coefficient (Wildman–Crippen LogP) is 2.88. The van der Waals surface area contributed by atoms with Crippen molar-refractivity contribution in [2.24, 2.45) is 0 Å². The van der Waals surface area contributed by atoms with Crippen LogP contribution in [0.3, 0.4) is 0 Å². The molecule has 0 radical (unpaired) electrons. The molecule has 0 saturated heterocycles. The summed E-state index contributed by atoms with van der Waals surface area (Å²) in [6.45, 7) is 2.86. The molecule has 4 nitrogen and oxygen atoms in total. The van der Waals surface area contributed by atoms with E-state index >= 15 is 0 Å². The Morgan fingerprint density at radius 1 is 1.32 bits per heavy atom. The SMILES string of the molecule is CCOc1ccc(CC(=O)N(C)CC(O)c2cccs2)cc1. The van der Waals surface area contributed by atoms with Crippen LogP contribution in [0.15, 0.2) is 41.8 Å². The molecule has 0 saturated carbocycles. The van der Waals surface area contributed by atoms with Crippen molar-refractivity contribution in [3.63, 3.8) is 0 Å². The Bertz CT molecular complexity index is 580. The minimum Gasteiger partial charge on any atom is -0.494 e. The zero-order chi connectivity index (χ0) is 15.9. The van der Waals surface area contributed by atoms with E-state index in [0.29, 0.717) is 19.6 Å². The molecule has 1 atom stereocenters. The van der Waals surface area contributed by atoms with E-state index < -0.39 is 6.10 Å². The Labute approximate surface area is 135 Å². The van der Waals surface area contributed by atoms with Crippen LogP contribution in [0.4, 0.5) is 0 Å². The molecule has 0 spiro atoms. The molecule has 2 rings (SSSR count). The van der Waals surface area contributed by atoms with Crippen LogP contribution in [0.5, 0.6) is 5.75 Å². The molecule has 118 valence electrons. The summed E-state index contributed by atoms with van der Waals surface area (Å²) in [5.74, 6) is 0.792. The summed E-state index contributed by atoms with van der Waals surface area (Å²) in [5.41, 5.74) is 0.936. The molecule has 2 aromatic rings. The zero-order valence-electron chi connectivity index (χ0n) is 12.9. The van der Waals surface area contributed by atoms with Gasteiger partial charge in [0, 0.05) is 11.9 Å². The second kappa shape index (κ2) is 7.96. The van der Waals surface area contributed by atoms with Gasteiger partial charge in [0.25, 0.3) is 0 Å². The zero-order valence-corrected chi connectivity index (χ0v) is 13.7. The summed E-state index contributed by atoms with van der Waals surface area (Å²) in [6.07, 6.45) is -0.311. The average molecular weight is 319 g/mol. The van der Waals surface area contributed by atoms with Gasteiger partial charge in [0.2, 0.25) is 5.91 Å². The Balaban J connectivity index is 1.88. The number of hydrogen-bond acceptors (Lipinski definition) is 4. The Morgan fingerprint density at radius 3 is 2.64 bits per heavy atom. The number of nitrogens with zero attached hydrogens (tertiary/aromatic N) is 1. The van der Waals surface area contributed by atoms with Crippen molar-refractivity contribution in [2.45, 2.75) is 19.4 Å². The van der Waals surface area contributed by atoms with Crippen molar-refractivity contribution in [2.75, 3.05) is 20.2 Å². The first-order valence-corrected chi connectivity index (χ1v) is 8.15. The number of hydrogen-bond donors (Lipinski definition) is 1. The number of carbonyl (C=O) groups is 1. The third kappa shape index (κ3) is 4.58. The fraction of sp³-hybridized carbons (Fsp3) is 0.353. The Kier molecular flexibility index (Phi) is 5.98. The van der Waals surface area contributed by atoms with E-state index in [0.717, 1.165) is 16.2 Å². The molecule has 5 heteroatoms. The molecule has 0 bridgehead atoms. The molecule has 1 unspecified atom stereocenters. The van der Waals surface area contributed by atoms with Crippen LogP contribution in [-0.4, -0.2) is 36.1 Å². The van der Waals surface area contributed by atoms with Gasteiger partial charge in [-0.3, -0.25) is 4.79 Å². The maximum absolute atomic E-state index is 12.2. The van der Waals surface area contributed by atoms with Crippen LogP contribution in [0.25, 0.3) is 0 Å². The van der Waals surface area contributed by atoms with Gasteiger partial charge >= 0.3 is 0 Å². The van der Waals surface area contributed by atoms with E-state index in [2.05, 4.69) is 0 Å². The molecule has 0 aliphatic heterocycles. The maximum atomic E-state index is 12.2. The first-order valence-electron chi connectivity index (χ1n) is 7.27. The van der Waals surface area contributed by atoms with E-state index in [1.807, 2.05) is 48.7 Å². The topological polar surface area (TPSA) is 49.8 Å². The number of rotatable bonds is 7. The van der Waals surface area contributed by atoms with E-state index in [1.165, 1.54) is 11.3 Å². The highest BCUT2D eigenvalue weighted by Crippen LogP contribution is 2.19. The van der Waals surface area contributed by atoms with Crippen LogP contribution in [-0.2, 0) is 11.2 Å². The summed E-state index contributed by atoms with van der Waals surface area (Å²) in [5, 5.41) is 12.0. The van der Waals surface area contributed by atoms with Crippen molar-refractivity contribution >= 4 is 17.2 Å². The highest BCUT2D eigenvalue weighted by Gasteiger charge is 2.16. The first kappa shape index (κ1) is 16.5. The van der Waals surface area contributed by atoms with Crippen molar-refractivity contribution in [3.8, 4) is 5.75 Å². The Morgan fingerprint density at radius 2 is 2.05 bits per heavy atom. The third-order valence-electron chi connectivity index (χ3n) is 3.33. The molecule has 1 aromatic carbocycles. The maximum Gasteiger partial charge on any atom is 0.226 e. The van der Waals surface area contributed by atoms with Gasteiger partial charge in [-0.1, -0.05) is 18.2 Å². The predicted molar refractivity (Wildman–Crippen MR) is 88.2 cm³/mol. The minimum atomic E-state index is -0.630. The summed E-state index contributed by atoms with van der Waals surface area (Å²) in [6, 6.07) is 11.3. The highest BCUT2D eigenvalue weighted by molar-refractivity contribution is 7.10. The monoisotopic (exact) mass is 319 g/mol. The number of aliphatic hydroxyl groups excluding tert-OH is 1. The standard InChI is InChI=1S/C17H21NO3S/c1-3-21-14-8-6-13(7-9-14)11-17(20)18(2)12-15(19)16-5-4-10-22-16/h4-10,15,19H,3,11-12H2,1-2H3. The molecule has 1 aromatic heterocycles. The summed E-state index contributed by atoms with van der Waals surface area (Å²) < 4.78 is 5.38. The van der Waals surface area contributed by atoms with Crippen LogP contribution in [0, 0.1) is 0 Å². The van der Waals surface area contributed by atoms with Crippen LogP contribution < -0.4 is 4.74 Å². The number of carbonyl (C=O) groups excluding carboxylic acids is 1. The fourth-order valence-electron chi connectivity index (χ4n) is 2.11. The number of ether oxygens (including phenoxy) is 1. The lowest BCUT2D eigenvalue weighted by molar-refractivity contribution is -0.130. The smallest absolute Gasteiger partial charge is 0.226 e. The van der Waals surface area contributed by atoms with Gasteiger partial charge in [-0.15, -0.1) is 11.3 Å². The van der Waals surface area contributed by atoms with Crippen molar-refractivity contribution in [3.05, 3.63) is 52.2 Å². The minimum absolute atomic E-state index is 0.0141. The summed E-state index contributed by atoms with van der Waals surface area (Å²) in [4.78, 5) is 14.7. The molecular formula is C17H21NO3S. The quantitative estimate of drug-likeness (QED) is 0.854. The second-order valence-corrected chi connectivity index (χ2v) is 6.04. The summed E-state index contributed by atoms with van der Waals surface area (Å²) in [7, 11) is 1.72. The molecule has 0 fully saturated rings. The van der Waals surface area contributed by atoms with Crippen LogP contribution in [0.1, 0.15) is 23.5 Å². The van der Waals surface area contributed by atoms with E-state index in [9.17, 15) is 9.90 Å². The fourth-order valence-corrected chi connectivity index (χ4v) is 2.81. The normalized spacial score (nSPS) is 12.0. The van der Waals surface area contributed by atoms with E-state index in [-0.39, 0.29) is 5.91 Å². The molecule has 0 aliphatic carbocycles. The molecule has 1 N–H and O–H groups in total. The number of likely N-dealkylation sites (N-methyl/N-ethyl adjacent to an activating group) is 1. The average Bonchev–Trinajstić information content (AvgIpc) is 3.04. The number of aliphatic hydroxyl groups is 1. The van der Waals surface area contributed by atoms with Crippen LogP contribution in [0.2, 0.25) is 0 Å². The number of thiophene rings is 1. The van der Waals surface area contributed by atoms with Gasteiger partial charge < -0.3 is 14.7 Å². The number of amides is 1. The van der Waals surface area contributed by atoms with Crippen molar-refractivity contribution < 1.29 is 14.6 Å². The van der Waals surface area contributed by atoms with Crippen molar-refractivity contribution in [1.29, 1.82) is 0 Å². The van der Waals surface area contributed by atoms with Gasteiger partial charge in [0.1, 0.15) is 11.9 Å². The lowest BCUT2D eigenvalue weighted by atomic mass is 10.1. The molecular weight excluding hydrogens is 298 g/mol. The van der Waals surface area contributed by atoms with E-state index in [4.69, 9.17) is 4.74 Å². The van der Waals surface area contributed by atoms with Gasteiger partial charge in [0.15, 0.2) is 0 Å².